The Labute approximate surface area is 300 Å². The fourth-order valence-electron chi connectivity index (χ4n) is 6.42. The number of rotatable bonds is 4. The van der Waals surface area contributed by atoms with E-state index in [1.54, 1.807) is 24.3 Å². The lowest BCUT2D eigenvalue weighted by molar-refractivity contribution is -0.359. The molecule has 6 heterocycles. The molecular weight excluding hydrogens is 744 g/mol. The van der Waals surface area contributed by atoms with Crippen molar-refractivity contribution >= 4 is 93.8 Å². The van der Waals surface area contributed by atoms with Crippen molar-refractivity contribution in [1.29, 1.82) is 0 Å². The van der Waals surface area contributed by atoms with Crippen LogP contribution >= 0.6 is 46.4 Å². The highest BCUT2D eigenvalue weighted by atomic mass is 35.5. The second-order valence-electron chi connectivity index (χ2n) is 11.3. The van der Waals surface area contributed by atoms with Gasteiger partial charge in [-0.25, -0.2) is 9.59 Å². The van der Waals surface area contributed by atoms with E-state index in [1.165, 1.54) is 72.8 Å². The van der Waals surface area contributed by atoms with E-state index < -0.39 is 25.9 Å². The molecule has 252 valence electrons. The summed E-state index contributed by atoms with van der Waals surface area (Å²) in [5.74, 6) is -2.12. The van der Waals surface area contributed by atoms with Gasteiger partial charge in [-0.05, 0) is 82.9 Å². The third kappa shape index (κ3) is 5.08. The highest BCUT2D eigenvalue weighted by Gasteiger charge is 2.55. The van der Waals surface area contributed by atoms with Crippen LogP contribution in [-0.2, 0) is 0 Å². The van der Waals surface area contributed by atoms with E-state index in [0.29, 0.717) is 22.3 Å². The number of fused-ring (bicyclic) bond motifs is 4. The molecule has 0 atom stereocenters. The monoisotopic (exact) mass is 760 g/mol. The molecule has 0 spiro atoms. The van der Waals surface area contributed by atoms with Crippen molar-refractivity contribution in [1.82, 2.24) is 8.96 Å². The number of halogens is 8. The van der Waals surface area contributed by atoms with Gasteiger partial charge in [-0.3, -0.25) is 0 Å². The molecule has 4 aromatic rings. The molecule has 50 heavy (non-hydrogen) atoms. The number of hydrogen-bond donors (Lipinski definition) is 2. The number of nitrogens with zero attached hydrogens (tertiary/aromatic N) is 4. The van der Waals surface area contributed by atoms with Crippen LogP contribution in [0.25, 0.3) is 11.1 Å². The van der Waals surface area contributed by atoms with Crippen molar-refractivity contribution in [2.45, 2.75) is 0 Å². The maximum Gasteiger partial charge on any atom is 0.739 e. The van der Waals surface area contributed by atoms with Crippen LogP contribution in [0.15, 0.2) is 108 Å². The van der Waals surface area contributed by atoms with Crippen LogP contribution in [0.3, 0.4) is 0 Å². The van der Waals surface area contributed by atoms with E-state index >= 15 is 0 Å². The van der Waals surface area contributed by atoms with Gasteiger partial charge in [0.2, 0.25) is 10.3 Å². The van der Waals surface area contributed by atoms with E-state index in [4.69, 9.17) is 56.6 Å². The summed E-state index contributed by atoms with van der Waals surface area (Å²) in [6.45, 7) is -8.46. The van der Waals surface area contributed by atoms with Crippen LogP contribution in [0, 0.1) is 0 Å². The Kier molecular flexibility index (Phi) is 8.06. The summed E-state index contributed by atoms with van der Waals surface area (Å²) in [7, 11) is 0. The number of carboxylic acids is 2. The lowest BCUT2D eigenvalue weighted by atomic mass is 9.86. The van der Waals surface area contributed by atoms with E-state index in [-0.39, 0.29) is 54.6 Å². The van der Waals surface area contributed by atoms with Gasteiger partial charge in [-0.1, -0.05) is 47.5 Å². The van der Waals surface area contributed by atoms with Crippen molar-refractivity contribution in [2.75, 3.05) is 0 Å². The minimum absolute atomic E-state index is 0.102. The second kappa shape index (κ2) is 11.9. The first-order valence-corrected chi connectivity index (χ1v) is 16.1. The molecule has 0 saturated heterocycles. The zero-order valence-electron chi connectivity index (χ0n) is 24.9. The molecule has 0 fully saturated rings. The van der Waals surface area contributed by atoms with Crippen LogP contribution < -0.4 is 0 Å². The molecule has 8 rings (SSSR count). The first kappa shape index (κ1) is 33.7. The third-order valence-electron chi connectivity index (χ3n) is 8.58. The fourth-order valence-corrected chi connectivity index (χ4v) is 7.50. The molecule has 0 aliphatic carbocycles. The maximum absolute atomic E-state index is 15.0. The molecule has 0 amide bonds. The van der Waals surface area contributed by atoms with Gasteiger partial charge in [0, 0.05) is 35.7 Å². The molecule has 0 unspecified atom stereocenters. The van der Waals surface area contributed by atoms with Gasteiger partial charge < -0.3 is 45.4 Å². The first-order chi connectivity index (χ1) is 23.6. The SMILES string of the molecule is O=C(O)c1ccc(C2=C3C=CC(Cl)=[N+]3[B-](F)(F)n3c(Cl)ccc32)cc1.O=C(O)c1ccc(C2=C3C=CC(Cl)=[N+]3[B-](F)(F)n3c(Cl)ccc32)cc1. The molecule has 2 aromatic carbocycles. The Bertz CT molecular complexity index is 2210. The topological polar surface area (TPSA) is 90.5 Å². The molecular formula is C32H18B2Cl4F4N4O4. The lowest BCUT2D eigenvalue weighted by Crippen LogP contribution is -2.50. The summed E-state index contributed by atoms with van der Waals surface area (Å²) in [6, 6.07) is 17.8. The lowest BCUT2D eigenvalue weighted by Gasteiger charge is -2.31. The highest BCUT2D eigenvalue weighted by Crippen LogP contribution is 2.43. The Morgan fingerprint density at radius 3 is 1.20 bits per heavy atom. The Morgan fingerprint density at radius 2 is 0.880 bits per heavy atom. The molecule has 2 N–H and O–H groups in total. The van der Waals surface area contributed by atoms with E-state index in [1.807, 2.05) is 0 Å². The second-order valence-corrected chi connectivity index (χ2v) is 12.9. The van der Waals surface area contributed by atoms with Gasteiger partial charge in [0.15, 0.2) is 11.4 Å². The van der Waals surface area contributed by atoms with Gasteiger partial charge in [0.25, 0.3) is 0 Å². The Balaban J connectivity index is 0.000000157. The molecule has 0 saturated carbocycles. The minimum Gasteiger partial charge on any atom is -0.478 e. The number of carbonyl (C=O) groups is 2. The van der Waals surface area contributed by atoms with Gasteiger partial charge in [-0.2, -0.15) is 0 Å². The predicted molar refractivity (Wildman–Crippen MR) is 185 cm³/mol. The largest absolute Gasteiger partial charge is 0.739 e. The highest BCUT2D eigenvalue weighted by molar-refractivity contribution is 6.71. The summed E-state index contributed by atoms with van der Waals surface area (Å²) in [5, 5.41) is 17.7. The summed E-state index contributed by atoms with van der Waals surface area (Å²) in [6.07, 6.45) is 5.84. The summed E-state index contributed by atoms with van der Waals surface area (Å²) >= 11 is 24.0. The van der Waals surface area contributed by atoms with Crippen molar-refractivity contribution in [3.63, 3.8) is 0 Å². The molecule has 4 aliphatic rings. The fraction of sp³-hybridized carbons (Fsp3) is 0. The molecule has 2 aromatic heterocycles. The van der Waals surface area contributed by atoms with Crippen LogP contribution in [0.4, 0.5) is 17.3 Å². The number of hydrogen-bond acceptors (Lipinski definition) is 2. The minimum atomic E-state index is -4.23. The Hall–Kier alpha value is -4.75. The van der Waals surface area contributed by atoms with E-state index in [9.17, 15) is 26.9 Å². The zero-order valence-corrected chi connectivity index (χ0v) is 27.9. The Morgan fingerprint density at radius 1 is 0.540 bits per heavy atom. The standard InChI is InChI=1S/2C16H9BCl2F2N2O2/c2*18-13-7-5-11-15(9-1-3-10(4-2-9)16(24)25)12-6-8-14(19)23(12)17(20,21)22(11)13/h2*1-8H,(H,24,25). The molecule has 0 radical (unpaired) electrons. The van der Waals surface area contributed by atoms with Crippen molar-refractivity contribution < 1.29 is 46.0 Å². The van der Waals surface area contributed by atoms with Gasteiger partial charge in [0.05, 0.1) is 32.6 Å². The molecule has 18 heteroatoms. The zero-order chi connectivity index (χ0) is 35.9. The number of aromatic carboxylic acids is 2. The van der Waals surface area contributed by atoms with Crippen LogP contribution in [0.5, 0.6) is 0 Å². The van der Waals surface area contributed by atoms with Crippen molar-refractivity contribution in [3.05, 3.63) is 152 Å². The smallest absolute Gasteiger partial charge is 0.478 e. The molecule has 4 aliphatic heterocycles. The maximum atomic E-state index is 15.0. The first-order valence-electron chi connectivity index (χ1n) is 14.6. The predicted octanol–water partition coefficient (Wildman–Crippen LogP) is 8.11. The van der Waals surface area contributed by atoms with Gasteiger partial charge in [0.1, 0.15) is 0 Å². The molecule has 0 bridgehead atoms. The summed E-state index contributed by atoms with van der Waals surface area (Å²) in [5.41, 5.74) is 3.40. The van der Waals surface area contributed by atoms with Crippen LogP contribution in [0.2, 0.25) is 10.3 Å². The summed E-state index contributed by atoms with van der Waals surface area (Å²) in [4.78, 5) is 22.1. The number of allylic oxidation sites excluding steroid dienone is 4. The number of benzene rings is 2. The van der Waals surface area contributed by atoms with Crippen molar-refractivity contribution in [2.24, 2.45) is 0 Å². The quantitative estimate of drug-likeness (QED) is 0.163. The molecule has 8 nitrogen and oxygen atoms in total. The normalized spacial score (nSPS) is 17.8. The third-order valence-corrected chi connectivity index (χ3v) is 9.81. The van der Waals surface area contributed by atoms with Gasteiger partial charge >= 0.3 is 25.9 Å². The average Bonchev–Trinajstić information content (AvgIpc) is 3.85. The van der Waals surface area contributed by atoms with E-state index in [0.717, 1.165) is 17.9 Å². The van der Waals surface area contributed by atoms with Gasteiger partial charge in [-0.15, -0.1) is 0 Å². The van der Waals surface area contributed by atoms with Crippen molar-refractivity contribution in [3.8, 4) is 0 Å². The van der Waals surface area contributed by atoms with Crippen LogP contribution in [0.1, 0.15) is 43.2 Å². The number of aromatic nitrogens is 2. The average molecular weight is 762 g/mol. The van der Waals surface area contributed by atoms with E-state index in [2.05, 4.69) is 0 Å². The van der Waals surface area contributed by atoms with Crippen LogP contribution in [-0.4, -0.2) is 64.4 Å². The summed E-state index contributed by atoms with van der Waals surface area (Å²) < 4.78 is 62.9. The number of carboxylic acid groups (broad SMARTS) is 2.